The summed E-state index contributed by atoms with van der Waals surface area (Å²) in [6, 6.07) is 21.9. The molecule has 0 spiro atoms. The van der Waals surface area contributed by atoms with Gasteiger partial charge in [0.25, 0.3) is 5.56 Å². The lowest BCUT2D eigenvalue weighted by atomic mass is 9.97. The summed E-state index contributed by atoms with van der Waals surface area (Å²) in [5, 5.41) is 11.0. The summed E-state index contributed by atoms with van der Waals surface area (Å²) in [6.45, 7) is 2.07. The van der Waals surface area contributed by atoms with Crippen LogP contribution in [0.2, 0.25) is 0 Å². The molecule has 4 N–H and O–H groups in total. The predicted molar refractivity (Wildman–Crippen MR) is 145 cm³/mol. The average Bonchev–Trinajstić information content (AvgIpc) is 3.70. The van der Waals surface area contributed by atoms with Crippen LogP contribution in [0.3, 0.4) is 0 Å². The number of fused-ring (bicyclic) bond motifs is 2. The molecule has 2 saturated heterocycles. The normalized spacial score (nSPS) is 20.0. The van der Waals surface area contributed by atoms with Crippen molar-refractivity contribution < 1.29 is 0 Å². The van der Waals surface area contributed by atoms with Crippen molar-refractivity contribution in [1.29, 1.82) is 0 Å². The van der Waals surface area contributed by atoms with Crippen molar-refractivity contribution in [3.05, 3.63) is 88.7 Å². The maximum Gasteiger partial charge on any atom is 0.256 e. The van der Waals surface area contributed by atoms with Crippen molar-refractivity contribution in [3.63, 3.8) is 0 Å². The second kappa shape index (κ2) is 8.73. The highest BCUT2D eigenvalue weighted by atomic mass is 16.1. The van der Waals surface area contributed by atoms with Crippen LogP contribution in [0.1, 0.15) is 49.3 Å². The number of rotatable bonds is 4. The van der Waals surface area contributed by atoms with E-state index in [1.165, 1.54) is 17.2 Å². The summed E-state index contributed by atoms with van der Waals surface area (Å²) < 4.78 is 0. The summed E-state index contributed by atoms with van der Waals surface area (Å²) >= 11 is 0. The maximum atomic E-state index is 12.9. The molecule has 0 bridgehead atoms. The molecule has 2 aromatic heterocycles. The first kappa shape index (κ1) is 21.5. The fraction of sp³-hybridized carbons (Fsp3) is 0.267. The van der Waals surface area contributed by atoms with Crippen LogP contribution in [0.4, 0.5) is 0 Å². The van der Waals surface area contributed by atoms with Crippen LogP contribution in [0, 0.1) is 0 Å². The lowest BCUT2D eigenvalue weighted by molar-refractivity contribution is 0.613. The van der Waals surface area contributed by atoms with E-state index in [1.54, 1.807) is 0 Å². The largest absolute Gasteiger partial charge is 0.341 e. The fourth-order valence-corrected chi connectivity index (χ4v) is 5.77. The molecule has 4 heterocycles. The van der Waals surface area contributed by atoms with Crippen LogP contribution in [0.5, 0.6) is 0 Å². The Morgan fingerprint density at radius 2 is 1.36 bits per heavy atom. The third kappa shape index (κ3) is 3.83. The first-order chi connectivity index (χ1) is 17.7. The van der Waals surface area contributed by atoms with Gasteiger partial charge >= 0.3 is 0 Å². The minimum absolute atomic E-state index is 0.0183. The van der Waals surface area contributed by atoms with Gasteiger partial charge in [0.15, 0.2) is 0 Å². The summed E-state index contributed by atoms with van der Waals surface area (Å²) in [5.41, 5.74) is 5.31. The van der Waals surface area contributed by atoms with Crippen LogP contribution in [0.25, 0.3) is 43.9 Å². The summed E-state index contributed by atoms with van der Waals surface area (Å²) in [4.78, 5) is 24.2. The van der Waals surface area contributed by atoms with Gasteiger partial charge in [0, 0.05) is 22.7 Å². The van der Waals surface area contributed by atoms with Gasteiger partial charge in [-0.05, 0) is 90.3 Å². The molecule has 2 aliphatic rings. The Bertz CT molecular complexity index is 1640. The fourth-order valence-electron chi connectivity index (χ4n) is 5.77. The van der Waals surface area contributed by atoms with Gasteiger partial charge in [-0.25, -0.2) is 4.98 Å². The summed E-state index contributed by atoms with van der Waals surface area (Å²) in [5.74, 6) is 1.02. The number of nitrogens with one attached hydrogen (secondary N) is 4. The van der Waals surface area contributed by atoms with Crippen molar-refractivity contribution in [3.8, 4) is 22.4 Å². The zero-order valence-corrected chi connectivity index (χ0v) is 20.1. The van der Waals surface area contributed by atoms with Crippen molar-refractivity contribution in [2.45, 2.75) is 37.8 Å². The highest BCUT2D eigenvalue weighted by molar-refractivity contribution is 5.92. The molecule has 6 heteroatoms. The topological polar surface area (TPSA) is 85.6 Å². The van der Waals surface area contributed by atoms with E-state index in [2.05, 4.69) is 80.2 Å². The Morgan fingerprint density at radius 3 is 2.11 bits per heavy atom. The molecule has 180 valence electrons. The molecule has 36 heavy (non-hydrogen) atoms. The molecule has 7 rings (SSSR count). The molecule has 0 amide bonds. The van der Waals surface area contributed by atoms with Gasteiger partial charge in [0.1, 0.15) is 5.82 Å². The molecule has 6 nitrogen and oxygen atoms in total. The van der Waals surface area contributed by atoms with Gasteiger partial charge in [0.2, 0.25) is 0 Å². The van der Waals surface area contributed by atoms with Crippen molar-refractivity contribution >= 4 is 21.5 Å². The predicted octanol–water partition coefficient (Wildman–Crippen LogP) is 5.59. The maximum absolute atomic E-state index is 12.9. The van der Waals surface area contributed by atoms with Crippen molar-refractivity contribution in [2.75, 3.05) is 13.1 Å². The van der Waals surface area contributed by atoms with Crippen LogP contribution in [0.15, 0.2) is 71.7 Å². The van der Waals surface area contributed by atoms with E-state index in [0.29, 0.717) is 6.04 Å². The number of nitrogens with zero attached hydrogens (tertiary/aromatic N) is 1. The quantitative estimate of drug-likeness (QED) is 0.273. The number of benzene rings is 3. The molecule has 2 fully saturated rings. The van der Waals surface area contributed by atoms with Crippen molar-refractivity contribution in [2.24, 2.45) is 0 Å². The van der Waals surface area contributed by atoms with E-state index in [1.807, 2.05) is 12.3 Å². The molecular weight excluding hydrogens is 446 g/mol. The first-order valence-electron chi connectivity index (χ1n) is 12.9. The molecule has 2 unspecified atom stereocenters. The number of pyridine rings is 1. The minimum atomic E-state index is -0.0183. The monoisotopic (exact) mass is 475 g/mol. The molecule has 0 aliphatic carbocycles. The van der Waals surface area contributed by atoms with Crippen LogP contribution < -0.4 is 16.2 Å². The van der Waals surface area contributed by atoms with Crippen LogP contribution >= 0.6 is 0 Å². The number of hydrogen-bond donors (Lipinski definition) is 4. The van der Waals surface area contributed by atoms with Crippen molar-refractivity contribution in [1.82, 2.24) is 25.6 Å². The third-order valence-electron chi connectivity index (χ3n) is 7.77. The number of hydrogen-bond acceptors (Lipinski definition) is 4. The molecule has 2 aliphatic heterocycles. The van der Waals surface area contributed by atoms with E-state index in [0.717, 1.165) is 77.0 Å². The van der Waals surface area contributed by atoms with Gasteiger partial charge in [0.05, 0.1) is 17.9 Å². The second-order valence-electron chi connectivity index (χ2n) is 10.1. The zero-order chi connectivity index (χ0) is 24.1. The van der Waals surface area contributed by atoms with E-state index in [4.69, 9.17) is 0 Å². The van der Waals surface area contributed by atoms with Gasteiger partial charge in [-0.1, -0.05) is 36.4 Å². The third-order valence-corrected chi connectivity index (χ3v) is 7.77. The molecule has 0 radical (unpaired) electrons. The minimum Gasteiger partial charge on any atom is -0.341 e. The van der Waals surface area contributed by atoms with E-state index in [9.17, 15) is 4.79 Å². The van der Waals surface area contributed by atoms with E-state index >= 15 is 0 Å². The van der Waals surface area contributed by atoms with Crippen LogP contribution in [-0.4, -0.2) is 28.0 Å². The van der Waals surface area contributed by atoms with Crippen LogP contribution in [-0.2, 0) is 0 Å². The molecule has 2 atom stereocenters. The van der Waals surface area contributed by atoms with E-state index in [-0.39, 0.29) is 11.6 Å². The number of H-pyrrole nitrogens is 2. The standard InChI is InChI=1S/C30H29N5O/c36-30-24-15-21(7-9-22(24)16-27(35-30)25-3-1-11-31-25)19-5-6-20-14-23(10-8-18(20)13-19)28-17-33-29(34-28)26-4-2-12-32-26/h5-10,13-17,25-26,31-32H,1-4,11-12H2,(H,33,34)(H,35,36). The number of imidazole rings is 1. The lowest BCUT2D eigenvalue weighted by Crippen LogP contribution is -2.18. The van der Waals surface area contributed by atoms with Gasteiger partial charge in [-0.15, -0.1) is 0 Å². The Labute approximate surface area is 209 Å². The Balaban J connectivity index is 1.20. The highest BCUT2D eigenvalue weighted by Crippen LogP contribution is 2.31. The Hall–Kier alpha value is -3.74. The Morgan fingerprint density at radius 1 is 0.694 bits per heavy atom. The summed E-state index contributed by atoms with van der Waals surface area (Å²) in [7, 11) is 0. The Kier molecular flexibility index (Phi) is 5.22. The highest BCUT2D eigenvalue weighted by Gasteiger charge is 2.20. The first-order valence-corrected chi connectivity index (χ1v) is 12.9. The van der Waals surface area contributed by atoms with Gasteiger partial charge in [-0.3, -0.25) is 4.79 Å². The average molecular weight is 476 g/mol. The molecule has 5 aromatic rings. The summed E-state index contributed by atoms with van der Waals surface area (Å²) in [6.07, 6.45) is 6.48. The van der Waals surface area contributed by atoms with Gasteiger partial charge < -0.3 is 20.6 Å². The lowest BCUT2D eigenvalue weighted by Gasteiger charge is -2.12. The molecule has 3 aromatic carbocycles. The number of aromatic nitrogens is 3. The molecule has 0 saturated carbocycles. The number of aromatic amines is 2. The van der Waals surface area contributed by atoms with E-state index < -0.39 is 0 Å². The zero-order valence-electron chi connectivity index (χ0n) is 20.1. The smallest absolute Gasteiger partial charge is 0.256 e. The molecular formula is C30H29N5O. The second-order valence-corrected chi connectivity index (χ2v) is 10.1. The SMILES string of the molecule is O=c1[nH]c(C2CCCN2)cc2ccc(-c3ccc4cc(-c5cnc(C6CCCN6)[nH]5)ccc4c3)cc12. The van der Waals surface area contributed by atoms with Gasteiger partial charge in [-0.2, -0.15) is 0 Å².